The highest BCUT2D eigenvalue weighted by Crippen LogP contribution is 2.15. The van der Waals surface area contributed by atoms with Crippen LogP contribution in [0.1, 0.15) is 24.2 Å². The molecule has 1 aliphatic rings. The summed E-state index contributed by atoms with van der Waals surface area (Å²) in [6.45, 7) is 8.70. The first-order valence-corrected chi connectivity index (χ1v) is 8.04. The lowest BCUT2D eigenvalue weighted by Crippen LogP contribution is -2.47. The smallest absolute Gasteiger partial charge is 0.260 e. The molecule has 134 valence electrons. The summed E-state index contributed by atoms with van der Waals surface area (Å²) in [7, 11) is 0. The number of piperazine rings is 1. The molecule has 1 aliphatic heterocycles. The Morgan fingerprint density at radius 1 is 1.33 bits per heavy atom. The zero-order valence-electron chi connectivity index (χ0n) is 14.2. The quantitative estimate of drug-likeness (QED) is 0.717. The van der Waals surface area contributed by atoms with Crippen molar-refractivity contribution in [3.8, 4) is 5.75 Å². The van der Waals surface area contributed by atoms with Crippen LogP contribution < -0.4 is 15.4 Å². The molecular formula is C17H26ClN3O3. The number of hydrogen-bond donors (Lipinski definition) is 2. The zero-order valence-corrected chi connectivity index (χ0v) is 15.0. The van der Waals surface area contributed by atoms with Crippen LogP contribution in [-0.4, -0.2) is 62.0 Å². The van der Waals surface area contributed by atoms with Gasteiger partial charge in [0.2, 0.25) is 0 Å². The van der Waals surface area contributed by atoms with Crippen LogP contribution in [0.25, 0.3) is 0 Å². The van der Waals surface area contributed by atoms with E-state index < -0.39 is 6.10 Å². The summed E-state index contributed by atoms with van der Waals surface area (Å²) in [6.07, 6.45) is -0.597. The first-order chi connectivity index (χ1) is 11.1. The van der Waals surface area contributed by atoms with Crippen molar-refractivity contribution in [1.82, 2.24) is 15.5 Å². The number of nitrogens with one attached hydrogen (secondary N) is 2. The van der Waals surface area contributed by atoms with Crippen LogP contribution in [0.15, 0.2) is 24.3 Å². The van der Waals surface area contributed by atoms with Crippen molar-refractivity contribution < 1.29 is 14.3 Å². The molecule has 1 aromatic carbocycles. The van der Waals surface area contributed by atoms with Crippen molar-refractivity contribution in [3.05, 3.63) is 29.8 Å². The number of ether oxygens (including phenoxy) is 1. The molecule has 1 atom stereocenters. The van der Waals surface area contributed by atoms with E-state index in [1.807, 2.05) is 0 Å². The maximum Gasteiger partial charge on any atom is 0.260 e. The highest BCUT2D eigenvalue weighted by Gasteiger charge is 2.15. The van der Waals surface area contributed by atoms with Gasteiger partial charge in [-0.05, 0) is 26.0 Å². The van der Waals surface area contributed by atoms with Crippen molar-refractivity contribution in [2.45, 2.75) is 20.0 Å². The van der Waals surface area contributed by atoms with Crippen LogP contribution in [-0.2, 0) is 4.79 Å². The Bertz CT molecular complexity index is 548. The lowest BCUT2D eigenvalue weighted by Gasteiger charge is -2.27. The lowest BCUT2D eigenvalue weighted by atomic mass is 10.1. The van der Waals surface area contributed by atoms with E-state index in [1.165, 1.54) is 6.92 Å². The van der Waals surface area contributed by atoms with Crippen LogP contribution in [0.4, 0.5) is 0 Å². The molecular weight excluding hydrogens is 330 g/mol. The molecule has 2 N–H and O–H groups in total. The molecule has 1 saturated heterocycles. The summed E-state index contributed by atoms with van der Waals surface area (Å²) in [5.74, 6) is 0.361. The molecule has 1 heterocycles. The van der Waals surface area contributed by atoms with E-state index >= 15 is 0 Å². The lowest BCUT2D eigenvalue weighted by molar-refractivity contribution is -0.127. The monoisotopic (exact) mass is 355 g/mol. The molecule has 24 heavy (non-hydrogen) atoms. The average Bonchev–Trinajstić information content (AvgIpc) is 2.56. The number of carbonyl (C=O) groups is 2. The van der Waals surface area contributed by atoms with Crippen molar-refractivity contribution in [3.63, 3.8) is 0 Å². The van der Waals surface area contributed by atoms with Gasteiger partial charge in [-0.1, -0.05) is 12.1 Å². The van der Waals surface area contributed by atoms with Crippen LogP contribution >= 0.6 is 12.4 Å². The third-order valence-electron chi connectivity index (χ3n) is 3.86. The predicted molar refractivity (Wildman–Crippen MR) is 96.1 cm³/mol. The molecule has 0 spiro atoms. The zero-order chi connectivity index (χ0) is 16.7. The molecule has 1 amide bonds. The third-order valence-corrected chi connectivity index (χ3v) is 3.86. The Balaban J connectivity index is 0.00000288. The Morgan fingerprint density at radius 3 is 2.71 bits per heavy atom. The SMILES string of the molecule is CC(=O)c1cccc(OC(C)C(=O)NCCN2CCNCC2)c1.Cl. The number of nitrogens with zero attached hydrogens (tertiary/aromatic N) is 1. The summed E-state index contributed by atoms with van der Waals surface area (Å²) in [5, 5.41) is 6.19. The molecule has 6 nitrogen and oxygen atoms in total. The third kappa shape index (κ3) is 6.47. The van der Waals surface area contributed by atoms with E-state index in [2.05, 4.69) is 15.5 Å². The minimum absolute atomic E-state index is 0. The molecule has 0 aromatic heterocycles. The number of hydrogen-bond acceptors (Lipinski definition) is 5. The summed E-state index contributed by atoms with van der Waals surface area (Å²) in [5.41, 5.74) is 0.578. The largest absolute Gasteiger partial charge is 0.481 e. The van der Waals surface area contributed by atoms with Crippen LogP contribution in [0.2, 0.25) is 0 Å². The van der Waals surface area contributed by atoms with E-state index in [9.17, 15) is 9.59 Å². The van der Waals surface area contributed by atoms with Crippen molar-refractivity contribution in [1.29, 1.82) is 0 Å². The molecule has 0 aliphatic carbocycles. The van der Waals surface area contributed by atoms with E-state index in [-0.39, 0.29) is 24.1 Å². The first kappa shape index (κ1) is 20.4. The van der Waals surface area contributed by atoms with Gasteiger partial charge in [0.1, 0.15) is 5.75 Å². The van der Waals surface area contributed by atoms with Gasteiger partial charge in [0.25, 0.3) is 5.91 Å². The second-order valence-electron chi connectivity index (χ2n) is 5.73. The summed E-state index contributed by atoms with van der Waals surface area (Å²) < 4.78 is 5.62. The minimum Gasteiger partial charge on any atom is -0.481 e. The number of carbonyl (C=O) groups excluding carboxylic acids is 2. The maximum atomic E-state index is 12.1. The van der Waals surface area contributed by atoms with Crippen molar-refractivity contribution in [2.75, 3.05) is 39.3 Å². The minimum atomic E-state index is -0.597. The van der Waals surface area contributed by atoms with Crippen LogP contribution in [0, 0.1) is 0 Å². The van der Waals surface area contributed by atoms with Gasteiger partial charge >= 0.3 is 0 Å². The molecule has 1 unspecified atom stereocenters. The van der Waals surface area contributed by atoms with Gasteiger partial charge < -0.3 is 15.4 Å². The average molecular weight is 356 g/mol. The Morgan fingerprint density at radius 2 is 2.04 bits per heavy atom. The number of amides is 1. The highest BCUT2D eigenvalue weighted by molar-refractivity contribution is 5.94. The van der Waals surface area contributed by atoms with E-state index in [0.717, 1.165) is 32.7 Å². The Kier molecular flexibility index (Phi) is 8.74. The van der Waals surface area contributed by atoms with Gasteiger partial charge in [0.15, 0.2) is 11.9 Å². The molecule has 0 saturated carbocycles. The summed E-state index contributed by atoms with van der Waals surface area (Å²) in [4.78, 5) is 25.8. The number of benzene rings is 1. The van der Waals surface area contributed by atoms with Gasteiger partial charge in [-0.3, -0.25) is 14.5 Å². The Hall–Kier alpha value is -1.63. The Labute approximate surface area is 149 Å². The fraction of sp³-hybridized carbons (Fsp3) is 0.529. The fourth-order valence-corrected chi connectivity index (χ4v) is 2.46. The first-order valence-electron chi connectivity index (χ1n) is 8.04. The molecule has 0 radical (unpaired) electrons. The number of Topliss-reactive ketones (excluding diaryl/α,β-unsaturated/α-hetero) is 1. The normalized spacial score (nSPS) is 15.9. The van der Waals surface area contributed by atoms with Crippen LogP contribution in [0.5, 0.6) is 5.75 Å². The van der Waals surface area contributed by atoms with E-state index in [4.69, 9.17) is 4.74 Å². The molecule has 1 aromatic rings. The topological polar surface area (TPSA) is 70.7 Å². The molecule has 2 rings (SSSR count). The second kappa shape index (κ2) is 10.3. The van der Waals surface area contributed by atoms with Gasteiger partial charge in [0.05, 0.1) is 0 Å². The van der Waals surface area contributed by atoms with Gasteiger partial charge in [0, 0.05) is 44.8 Å². The van der Waals surface area contributed by atoms with Gasteiger partial charge in [-0.2, -0.15) is 0 Å². The maximum absolute atomic E-state index is 12.1. The fourth-order valence-electron chi connectivity index (χ4n) is 2.46. The summed E-state index contributed by atoms with van der Waals surface area (Å²) >= 11 is 0. The second-order valence-corrected chi connectivity index (χ2v) is 5.73. The van der Waals surface area contributed by atoms with Crippen molar-refractivity contribution in [2.24, 2.45) is 0 Å². The number of halogens is 1. The highest BCUT2D eigenvalue weighted by atomic mass is 35.5. The summed E-state index contributed by atoms with van der Waals surface area (Å²) in [6, 6.07) is 6.89. The van der Waals surface area contributed by atoms with E-state index in [0.29, 0.717) is 17.9 Å². The number of rotatable bonds is 7. The standard InChI is InChI=1S/C17H25N3O3.ClH/c1-13(21)15-4-3-5-16(12-15)23-14(2)17(22)19-8-11-20-9-6-18-7-10-20;/h3-5,12,14,18H,6-11H2,1-2H3,(H,19,22);1H. The van der Waals surface area contributed by atoms with Crippen molar-refractivity contribution >= 4 is 24.1 Å². The predicted octanol–water partition coefficient (Wildman–Crippen LogP) is 1.10. The van der Waals surface area contributed by atoms with E-state index in [1.54, 1.807) is 31.2 Å². The number of ketones is 1. The van der Waals surface area contributed by atoms with Crippen LogP contribution in [0.3, 0.4) is 0 Å². The molecule has 0 bridgehead atoms. The van der Waals surface area contributed by atoms with Gasteiger partial charge in [-0.25, -0.2) is 0 Å². The molecule has 7 heteroatoms. The van der Waals surface area contributed by atoms with Gasteiger partial charge in [-0.15, -0.1) is 12.4 Å². The molecule has 1 fully saturated rings.